The number of fused-ring (bicyclic) bond motifs is 2. The van der Waals surface area contributed by atoms with Crippen molar-refractivity contribution in [2.75, 3.05) is 12.4 Å². The van der Waals surface area contributed by atoms with Gasteiger partial charge in [0.05, 0.1) is 19.6 Å². The van der Waals surface area contributed by atoms with Gasteiger partial charge in [-0.05, 0) is 61.0 Å². The smallest absolute Gasteiger partial charge is 0.330 e. The maximum Gasteiger partial charge on any atom is 0.330 e. The highest BCUT2D eigenvalue weighted by atomic mass is 16.5. The van der Waals surface area contributed by atoms with Gasteiger partial charge in [-0.1, -0.05) is 26.8 Å². The molecule has 3 N–H and O–H groups in total. The summed E-state index contributed by atoms with van der Waals surface area (Å²) in [5.41, 5.74) is -0.159. The molecule has 2 aliphatic rings. The Balaban J connectivity index is 1.43. The first kappa shape index (κ1) is 30.7. The molecule has 42 heavy (non-hydrogen) atoms. The molecule has 0 spiro atoms. The van der Waals surface area contributed by atoms with E-state index >= 15 is 0 Å². The molecule has 0 aromatic carbocycles. The Kier molecular flexibility index (Phi) is 9.03. The molecule has 226 valence electrons. The van der Waals surface area contributed by atoms with E-state index in [1.807, 2.05) is 0 Å². The third-order valence-corrected chi connectivity index (χ3v) is 9.47. The van der Waals surface area contributed by atoms with Crippen molar-refractivity contribution in [1.82, 2.24) is 24.8 Å². The molecular formula is C30H40N6O6. The van der Waals surface area contributed by atoms with Crippen molar-refractivity contribution >= 4 is 29.4 Å². The maximum absolute atomic E-state index is 13.3. The van der Waals surface area contributed by atoms with Gasteiger partial charge in [-0.25, -0.2) is 9.78 Å². The number of rotatable bonds is 11. The number of carbonyl (C=O) groups is 4. The van der Waals surface area contributed by atoms with Crippen LogP contribution in [0.4, 0.5) is 5.69 Å². The van der Waals surface area contributed by atoms with E-state index in [1.165, 1.54) is 59.6 Å². The molecule has 2 heterocycles. The lowest BCUT2D eigenvalue weighted by Crippen LogP contribution is -2.48. The predicted molar refractivity (Wildman–Crippen MR) is 155 cm³/mol. The Hall–Kier alpha value is -4.22. The second-order valence-electron chi connectivity index (χ2n) is 12.0. The molecule has 0 aliphatic heterocycles. The van der Waals surface area contributed by atoms with Gasteiger partial charge in [-0.2, -0.15) is 0 Å². The highest BCUT2D eigenvalue weighted by molar-refractivity contribution is 6.00. The monoisotopic (exact) mass is 580 g/mol. The SMILES string of the molecule is COC(=O)/C=C/CC[C@H](NC(=O)c1cncn1C)C(=O)Nc1cccn(CC(=O)NC2CC3CCC2(C)C3(C)C)c1=O. The van der Waals surface area contributed by atoms with Gasteiger partial charge in [0.25, 0.3) is 11.5 Å². The molecule has 2 aliphatic carbocycles. The van der Waals surface area contributed by atoms with Crippen LogP contribution in [-0.4, -0.2) is 57.0 Å². The summed E-state index contributed by atoms with van der Waals surface area (Å²) in [7, 11) is 2.91. The van der Waals surface area contributed by atoms with Crippen molar-refractivity contribution in [3.63, 3.8) is 0 Å². The van der Waals surface area contributed by atoms with Crippen LogP contribution in [0.1, 0.15) is 63.4 Å². The van der Waals surface area contributed by atoms with Gasteiger partial charge in [0.15, 0.2) is 0 Å². The summed E-state index contributed by atoms with van der Waals surface area (Å²) in [6.45, 7) is 6.60. The number of methoxy groups -OCH3 is 1. The summed E-state index contributed by atoms with van der Waals surface area (Å²) in [6, 6.07) is 2.04. The van der Waals surface area contributed by atoms with Crippen molar-refractivity contribution in [1.29, 1.82) is 0 Å². The van der Waals surface area contributed by atoms with E-state index in [1.54, 1.807) is 13.1 Å². The number of hydrogen-bond acceptors (Lipinski definition) is 7. The summed E-state index contributed by atoms with van der Waals surface area (Å²) in [5.74, 6) is -1.37. The minimum Gasteiger partial charge on any atom is -0.466 e. The van der Waals surface area contributed by atoms with Crippen LogP contribution in [0.25, 0.3) is 0 Å². The average Bonchev–Trinajstić information content (AvgIpc) is 3.53. The molecule has 2 bridgehead atoms. The van der Waals surface area contributed by atoms with Gasteiger partial charge >= 0.3 is 5.97 Å². The zero-order chi connectivity index (χ0) is 30.7. The van der Waals surface area contributed by atoms with Gasteiger partial charge in [0.2, 0.25) is 11.8 Å². The van der Waals surface area contributed by atoms with Crippen LogP contribution in [0.15, 0.2) is 47.8 Å². The molecule has 4 atom stereocenters. The third-order valence-electron chi connectivity index (χ3n) is 9.47. The molecule has 2 aromatic heterocycles. The van der Waals surface area contributed by atoms with Crippen LogP contribution in [0, 0.1) is 16.7 Å². The van der Waals surface area contributed by atoms with Crippen molar-refractivity contribution in [3.05, 3.63) is 59.1 Å². The summed E-state index contributed by atoms with van der Waals surface area (Å²) in [6.07, 6.45) is 10.7. The Morgan fingerprint density at radius 3 is 2.62 bits per heavy atom. The number of hydrogen-bond donors (Lipinski definition) is 3. The molecule has 3 unspecified atom stereocenters. The quantitative estimate of drug-likeness (QED) is 0.272. The first-order chi connectivity index (χ1) is 19.9. The van der Waals surface area contributed by atoms with Crippen molar-refractivity contribution in [2.24, 2.45) is 23.8 Å². The summed E-state index contributed by atoms with van der Waals surface area (Å²) >= 11 is 0. The number of amides is 3. The highest BCUT2D eigenvalue weighted by Gasteiger charge is 2.61. The molecule has 4 rings (SSSR count). The van der Waals surface area contributed by atoms with Gasteiger partial charge in [0.1, 0.15) is 24.0 Å². The van der Waals surface area contributed by atoms with Crippen LogP contribution < -0.4 is 21.5 Å². The second-order valence-corrected chi connectivity index (χ2v) is 12.0. The maximum atomic E-state index is 13.3. The highest BCUT2D eigenvalue weighted by Crippen LogP contribution is 2.65. The van der Waals surface area contributed by atoms with E-state index in [-0.39, 0.29) is 53.5 Å². The molecule has 0 saturated heterocycles. The second kappa shape index (κ2) is 12.3. The number of aromatic nitrogens is 3. The lowest BCUT2D eigenvalue weighted by Gasteiger charge is -2.39. The topological polar surface area (TPSA) is 153 Å². The number of aryl methyl sites for hydroxylation is 1. The number of carbonyl (C=O) groups excluding carboxylic acids is 4. The number of anilines is 1. The largest absolute Gasteiger partial charge is 0.466 e. The van der Waals surface area contributed by atoms with Crippen LogP contribution in [0.5, 0.6) is 0 Å². The Morgan fingerprint density at radius 1 is 1.24 bits per heavy atom. The molecule has 3 amide bonds. The predicted octanol–water partition coefficient (Wildman–Crippen LogP) is 2.16. The van der Waals surface area contributed by atoms with Crippen molar-refractivity contribution in [3.8, 4) is 0 Å². The van der Waals surface area contributed by atoms with Crippen LogP contribution >= 0.6 is 0 Å². The van der Waals surface area contributed by atoms with Crippen molar-refractivity contribution < 1.29 is 23.9 Å². The van der Waals surface area contributed by atoms with E-state index < -0.39 is 29.4 Å². The van der Waals surface area contributed by atoms with Crippen LogP contribution in [-0.2, 0) is 32.7 Å². The number of pyridine rings is 1. The van der Waals surface area contributed by atoms with E-state index in [4.69, 9.17) is 0 Å². The Labute approximate surface area is 244 Å². The Morgan fingerprint density at radius 2 is 2.00 bits per heavy atom. The first-order valence-electron chi connectivity index (χ1n) is 14.2. The Bertz CT molecular complexity index is 1440. The number of imidazole rings is 1. The fraction of sp³-hybridized carbons (Fsp3) is 0.533. The zero-order valence-electron chi connectivity index (χ0n) is 24.8. The number of ether oxygens (including phenoxy) is 1. The number of esters is 1. The molecule has 12 heteroatoms. The summed E-state index contributed by atoms with van der Waals surface area (Å²) in [4.78, 5) is 67.7. The van der Waals surface area contributed by atoms with E-state index in [9.17, 15) is 24.0 Å². The molecule has 12 nitrogen and oxygen atoms in total. The minimum absolute atomic E-state index is 0.00900. The minimum atomic E-state index is -1.03. The third kappa shape index (κ3) is 6.17. The van der Waals surface area contributed by atoms with E-state index in [0.717, 1.165) is 12.8 Å². The first-order valence-corrected chi connectivity index (χ1v) is 14.2. The number of nitrogens with one attached hydrogen (secondary N) is 3. The number of nitrogens with zero attached hydrogens (tertiary/aromatic N) is 3. The fourth-order valence-electron chi connectivity index (χ4n) is 6.38. The molecular weight excluding hydrogens is 540 g/mol. The lowest BCUT2D eigenvalue weighted by atomic mass is 9.69. The summed E-state index contributed by atoms with van der Waals surface area (Å²) in [5, 5.41) is 8.44. The van der Waals surface area contributed by atoms with Gasteiger partial charge in [0, 0.05) is 25.4 Å². The molecule has 0 radical (unpaired) electrons. The number of allylic oxidation sites excluding steroid dienone is 1. The van der Waals surface area contributed by atoms with E-state index in [0.29, 0.717) is 5.92 Å². The van der Waals surface area contributed by atoms with Crippen molar-refractivity contribution in [2.45, 2.75) is 71.5 Å². The van der Waals surface area contributed by atoms with Gasteiger partial charge in [-0.3, -0.25) is 19.2 Å². The van der Waals surface area contributed by atoms with Crippen LogP contribution in [0.2, 0.25) is 0 Å². The lowest BCUT2D eigenvalue weighted by molar-refractivity contribution is -0.134. The summed E-state index contributed by atoms with van der Waals surface area (Å²) < 4.78 is 7.35. The fourth-order valence-corrected chi connectivity index (χ4v) is 6.38. The normalized spacial score (nSPS) is 23.0. The average molecular weight is 581 g/mol. The van der Waals surface area contributed by atoms with Gasteiger partial charge < -0.3 is 29.8 Å². The molecule has 2 saturated carbocycles. The zero-order valence-corrected chi connectivity index (χ0v) is 24.8. The standard InChI is InChI=1S/C30H40N6O6/c1-29(2)19-12-13-30(29,3)23(15-19)34-24(37)17-36-14-8-10-21(28(36)41)33-26(39)20(9-6-7-11-25(38)42-5)32-27(40)22-16-31-18-35(22)4/h7-8,10-11,14,16,18-20,23H,6,9,12-13,15,17H2,1-5H3,(H,32,40)(H,33,39)(H,34,37)/b11-7+/t19?,20-,23?,30?/m0/s1. The molecule has 2 aromatic rings. The van der Waals surface area contributed by atoms with Crippen LogP contribution in [0.3, 0.4) is 0 Å². The van der Waals surface area contributed by atoms with Gasteiger partial charge in [-0.15, -0.1) is 0 Å². The van der Waals surface area contributed by atoms with E-state index in [2.05, 4.69) is 46.4 Å². The molecule has 2 fully saturated rings.